The molecular formula is C11H14N2O. The summed E-state index contributed by atoms with van der Waals surface area (Å²) in [6.07, 6.45) is 3.47. The van der Waals surface area contributed by atoms with Gasteiger partial charge in [0.05, 0.1) is 5.69 Å². The molecule has 0 unspecified atom stereocenters. The zero-order valence-corrected chi connectivity index (χ0v) is 8.29. The summed E-state index contributed by atoms with van der Waals surface area (Å²) in [4.78, 5) is 11.0. The predicted molar refractivity (Wildman–Crippen MR) is 55.8 cm³/mol. The van der Waals surface area contributed by atoms with E-state index in [1.165, 1.54) is 29.5 Å². The van der Waals surface area contributed by atoms with Crippen molar-refractivity contribution in [1.82, 2.24) is 0 Å². The summed E-state index contributed by atoms with van der Waals surface area (Å²) in [6, 6.07) is 6.00. The molecule has 0 saturated carbocycles. The molecule has 0 aromatic heterocycles. The van der Waals surface area contributed by atoms with E-state index in [0.717, 1.165) is 18.5 Å². The van der Waals surface area contributed by atoms with Crippen LogP contribution in [0.5, 0.6) is 0 Å². The Balaban J connectivity index is 2.33. The number of carbonyl (C=O) groups excluding carboxylic acids is 1. The van der Waals surface area contributed by atoms with Crippen LogP contribution < -0.4 is 10.9 Å². The third-order valence-corrected chi connectivity index (χ3v) is 2.70. The fourth-order valence-electron chi connectivity index (χ4n) is 1.89. The number of nitrogens with zero attached hydrogens (tertiary/aromatic N) is 1. The van der Waals surface area contributed by atoms with Crippen molar-refractivity contribution < 1.29 is 4.79 Å². The van der Waals surface area contributed by atoms with Crippen LogP contribution in [-0.4, -0.2) is 5.91 Å². The van der Waals surface area contributed by atoms with Crippen LogP contribution in [0.4, 0.5) is 5.69 Å². The Bertz CT molecular complexity index is 374. The molecule has 3 nitrogen and oxygen atoms in total. The van der Waals surface area contributed by atoms with Gasteiger partial charge < -0.3 is 0 Å². The smallest absolute Gasteiger partial charge is 0.238 e. The van der Waals surface area contributed by atoms with Crippen LogP contribution in [0.15, 0.2) is 18.2 Å². The van der Waals surface area contributed by atoms with Gasteiger partial charge in [-0.05, 0) is 42.5 Å². The first-order chi connectivity index (χ1) is 6.68. The fourth-order valence-corrected chi connectivity index (χ4v) is 1.89. The van der Waals surface area contributed by atoms with E-state index in [1.807, 2.05) is 12.1 Å². The first-order valence-corrected chi connectivity index (χ1v) is 4.85. The van der Waals surface area contributed by atoms with Crippen LogP contribution in [0.2, 0.25) is 0 Å². The molecule has 0 bridgehead atoms. The zero-order valence-electron chi connectivity index (χ0n) is 8.29. The normalized spacial score (nSPS) is 13.9. The molecule has 74 valence electrons. The summed E-state index contributed by atoms with van der Waals surface area (Å²) in [5.41, 5.74) is 3.52. The number of benzene rings is 1. The first kappa shape index (κ1) is 9.21. The van der Waals surface area contributed by atoms with Crippen LogP contribution in [-0.2, 0) is 17.6 Å². The fraction of sp³-hybridized carbons (Fsp3) is 0.364. The molecule has 0 spiro atoms. The van der Waals surface area contributed by atoms with Gasteiger partial charge in [0, 0.05) is 6.92 Å². The lowest BCUT2D eigenvalue weighted by Crippen LogP contribution is -2.35. The van der Waals surface area contributed by atoms with Crippen molar-refractivity contribution in [2.45, 2.75) is 26.2 Å². The Morgan fingerprint density at radius 2 is 2.07 bits per heavy atom. The average Bonchev–Trinajstić information content (AvgIpc) is 2.62. The first-order valence-electron chi connectivity index (χ1n) is 4.85. The Morgan fingerprint density at radius 1 is 1.36 bits per heavy atom. The van der Waals surface area contributed by atoms with Crippen LogP contribution in [0.1, 0.15) is 24.5 Å². The molecule has 0 saturated heterocycles. The molecule has 1 aromatic rings. The van der Waals surface area contributed by atoms with E-state index >= 15 is 0 Å². The second kappa shape index (κ2) is 3.42. The van der Waals surface area contributed by atoms with Gasteiger partial charge in [0.2, 0.25) is 5.91 Å². The molecule has 14 heavy (non-hydrogen) atoms. The lowest BCUT2D eigenvalue weighted by atomic mass is 10.1. The van der Waals surface area contributed by atoms with Crippen molar-refractivity contribution in [2.75, 3.05) is 5.01 Å². The molecule has 0 heterocycles. The standard InChI is InChI=1S/C11H14N2O/c1-8(14)13(12)11-6-5-9-3-2-4-10(9)7-11/h5-7H,2-4,12H2,1H3. The van der Waals surface area contributed by atoms with Gasteiger partial charge in [-0.1, -0.05) is 6.07 Å². The van der Waals surface area contributed by atoms with Crippen molar-refractivity contribution in [3.63, 3.8) is 0 Å². The molecule has 1 aliphatic rings. The maximum absolute atomic E-state index is 11.0. The largest absolute Gasteiger partial charge is 0.273 e. The van der Waals surface area contributed by atoms with Gasteiger partial charge in [0.1, 0.15) is 0 Å². The lowest BCUT2D eigenvalue weighted by molar-refractivity contribution is -0.116. The summed E-state index contributed by atoms with van der Waals surface area (Å²) in [6.45, 7) is 1.47. The molecule has 0 atom stereocenters. The number of nitrogens with two attached hydrogens (primary N) is 1. The van der Waals surface area contributed by atoms with Gasteiger partial charge in [-0.25, -0.2) is 10.9 Å². The minimum Gasteiger partial charge on any atom is -0.273 e. The van der Waals surface area contributed by atoms with E-state index < -0.39 is 0 Å². The van der Waals surface area contributed by atoms with E-state index in [4.69, 9.17) is 5.84 Å². The monoisotopic (exact) mass is 190 g/mol. The summed E-state index contributed by atoms with van der Waals surface area (Å²) in [5.74, 6) is 5.48. The summed E-state index contributed by atoms with van der Waals surface area (Å²) < 4.78 is 0. The summed E-state index contributed by atoms with van der Waals surface area (Å²) >= 11 is 0. The number of anilines is 1. The third-order valence-electron chi connectivity index (χ3n) is 2.70. The highest BCUT2D eigenvalue weighted by atomic mass is 16.2. The number of hydrogen-bond acceptors (Lipinski definition) is 2. The second-order valence-electron chi connectivity index (χ2n) is 3.70. The van der Waals surface area contributed by atoms with Gasteiger partial charge in [-0.15, -0.1) is 0 Å². The zero-order chi connectivity index (χ0) is 10.1. The Hall–Kier alpha value is -1.35. The molecule has 1 aliphatic carbocycles. The molecule has 2 N–H and O–H groups in total. The van der Waals surface area contributed by atoms with Gasteiger partial charge in [-0.2, -0.15) is 0 Å². The molecule has 0 aliphatic heterocycles. The number of carbonyl (C=O) groups is 1. The second-order valence-corrected chi connectivity index (χ2v) is 3.70. The third kappa shape index (κ3) is 1.51. The Morgan fingerprint density at radius 3 is 2.79 bits per heavy atom. The van der Waals surface area contributed by atoms with Gasteiger partial charge in [0.15, 0.2) is 0 Å². The quantitative estimate of drug-likeness (QED) is 0.413. The highest BCUT2D eigenvalue weighted by Gasteiger charge is 2.13. The van der Waals surface area contributed by atoms with Gasteiger partial charge in [0.25, 0.3) is 0 Å². The predicted octanol–water partition coefficient (Wildman–Crippen LogP) is 1.40. The number of aryl methyl sites for hydroxylation is 2. The average molecular weight is 190 g/mol. The van der Waals surface area contributed by atoms with Crippen molar-refractivity contribution in [3.05, 3.63) is 29.3 Å². The van der Waals surface area contributed by atoms with Crippen molar-refractivity contribution in [1.29, 1.82) is 0 Å². The Labute approximate surface area is 83.5 Å². The molecule has 1 aromatic carbocycles. The van der Waals surface area contributed by atoms with Gasteiger partial charge in [-0.3, -0.25) is 4.79 Å². The van der Waals surface area contributed by atoms with E-state index in [2.05, 4.69) is 6.07 Å². The molecule has 2 rings (SSSR count). The van der Waals surface area contributed by atoms with E-state index in [0.29, 0.717) is 0 Å². The number of hydrogen-bond donors (Lipinski definition) is 1. The minimum absolute atomic E-state index is 0.136. The highest BCUT2D eigenvalue weighted by molar-refractivity contribution is 5.90. The van der Waals surface area contributed by atoms with Crippen molar-refractivity contribution in [3.8, 4) is 0 Å². The van der Waals surface area contributed by atoms with Crippen molar-refractivity contribution in [2.24, 2.45) is 5.84 Å². The van der Waals surface area contributed by atoms with Gasteiger partial charge >= 0.3 is 0 Å². The summed E-state index contributed by atoms with van der Waals surface area (Å²) in [5, 5.41) is 1.19. The topological polar surface area (TPSA) is 46.3 Å². The number of rotatable bonds is 1. The molecule has 1 amide bonds. The van der Waals surface area contributed by atoms with Crippen LogP contribution in [0.25, 0.3) is 0 Å². The lowest BCUT2D eigenvalue weighted by Gasteiger charge is -2.15. The minimum atomic E-state index is -0.136. The van der Waals surface area contributed by atoms with E-state index in [1.54, 1.807) is 0 Å². The molecule has 0 radical (unpaired) electrons. The maximum Gasteiger partial charge on any atom is 0.238 e. The molecule has 0 fully saturated rings. The molecule has 3 heteroatoms. The number of amides is 1. The van der Waals surface area contributed by atoms with Crippen LogP contribution >= 0.6 is 0 Å². The highest BCUT2D eigenvalue weighted by Crippen LogP contribution is 2.25. The Kier molecular flexibility index (Phi) is 2.25. The van der Waals surface area contributed by atoms with Crippen LogP contribution in [0.3, 0.4) is 0 Å². The maximum atomic E-state index is 11.0. The SMILES string of the molecule is CC(=O)N(N)c1ccc2c(c1)CCC2. The summed E-state index contributed by atoms with van der Waals surface area (Å²) in [7, 11) is 0. The molecular weight excluding hydrogens is 176 g/mol. The number of fused-ring (bicyclic) bond motifs is 1. The van der Waals surface area contributed by atoms with Crippen LogP contribution in [0, 0.1) is 0 Å². The van der Waals surface area contributed by atoms with E-state index in [9.17, 15) is 4.79 Å². The number of hydrazine groups is 1. The van der Waals surface area contributed by atoms with E-state index in [-0.39, 0.29) is 5.91 Å². The van der Waals surface area contributed by atoms with Crippen molar-refractivity contribution >= 4 is 11.6 Å².